The Balaban J connectivity index is 1.79. The molecule has 2 aromatic rings. The van der Waals surface area contributed by atoms with Crippen LogP contribution in [0.25, 0.3) is 0 Å². The van der Waals surface area contributed by atoms with Gasteiger partial charge in [0.1, 0.15) is 5.75 Å². The van der Waals surface area contributed by atoms with Crippen LogP contribution in [0.1, 0.15) is 11.1 Å². The maximum Gasteiger partial charge on any atom is 0.243 e. The fraction of sp³-hybridized carbons (Fsp3) is 0.333. The molecule has 1 aliphatic heterocycles. The van der Waals surface area contributed by atoms with Crippen molar-refractivity contribution in [2.75, 3.05) is 38.2 Å². The highest BCUT2D eigenvalue weighted by Gasteiger charge is 2.30. The maximum atomic E-state index is 13.2. The molecular weight excluding hydrogens is 376 g/mol. The van der Waals surface area contributed by atoms with Crippen LogP contribution in [-0.2, 0) is 16.4 Å². The summed E-state index contributed by atoms with van der Waals surface area (Å²) in [6, 6.07) is 13.0. The number of rotatable bonds is 6. The number of methoxy groups -OCH3 is 1. The molecule has 1 fully saturated rings. The van der Waals surface area contributed by atoms with Crippen molar-refractivity contribution in [1.29, 1.82) is 0 Å². The molecule has 0 amide bonds. The van der Waals surface area contributed by atoms with Crippen molar-refractivity contribution in [3.05, 3.63) is 65.9 Å². The van der Waals surface area contributed by atoms with E-state index in [1.807, 2.05) is 30.3 Å². The third-order valence-corrected chi connectivity index (χ3v) is 6.98. The van der Waals surface area contributed by atoms with Gasteiger partial charge in [0.15, 0.2) is 0 Å². The Morgan fingerprint density at radius 2 is 1.82 bits per heavy atom. The monoisotopic (exact) mass is 402 g/mol. The number of ether oxygens (including phenoxy) is 1. The lowest BCUT2D eigenvalue weighted by atomic mass is 10.1. The average Bonchev–Trinajstić information content (AvgIpc) is 2.69. The van der Waals surface area contributed by atoms with Crippen molar-refractivity contribution in [2.45, 2.75) is 18.2 Å². The maximum absolute atomic E-state index is 13.2. The number of hydrogen-bond donors (Lipinski definition) is 1. The molecule has 0 atom stereocenters. The van der Waals surface area contributed by atoms with Gasteiger partial charge in [-0.3, -0.25) is 0 Å². The van der Waals surface area contributed by atoms with E-state index >= 15 is 0 Å². The Morgan fingerprint density at radius 1 is 1.14 bits per heavy atom. The van der Waals surface area contributed by atoms with Crippen LogP contribution in [0.4, 0.5) is 5.69 Å². The zero-order valence-electron chi connectivity index (χ0n) is 16.3. The number of benzene rings is 2. The van der Waals surface area contributed by atoms with E-state index in [1.54, 1.807) is 26.2 Å². The normalized spacial score (nSPS) is 15.4. The van der Waals surface area contributed by atoms with Gasteiger partial charge in [0.05, 0.1) is 23.5 Å². The van der Waals surface area contributed by atoms with E-state index in [1.165, 1.54) is 4.31 Å². The molecule has 1 saturated heterocycles. The number of piperazine rings is 1. The highest BCUT2D eigenvalue weighted by Crippen LogP contribution is 2.30. The third-order valence-electron chi connectivity index (χ3n) is 4.94. The van der Waals surface area contributed by atoms with E-state index in [-0.39, 0.29) is 17.1 Å². The molecule has 0 radical (unpaired) electrons. The number of allylic oxidation sites excluding steroid dienone is 1. The van der Waals surface area contributed by atoms with Crippen molar-refractivity contribution < 1.29 is 18.3 Å². The first-order valence-electron chi connectivity index (χ1n) is 9.17. The molecular formula is C21H26N2O4S. The summed E-state index contributed by atoms with van der Waals surface area (Å²) < 4.78 is 33.4. The summed E-state index contributed by atoms with van der Waals surface area (Å²) in [7, 11) is -1.97. The Labute approximate surface area is 166 Å². The van der Waals surface area contributed by atoms with Gasteiger partial charge in [0.25, 0.3) is 0 Å². The molecule has 2 aromatic carbocycles. The molecule has 0 aromatic heterocycles. The molecule has 0 aliphatic carbocycles. The summed E-state index contributed by atoms with van der Waals surface area (Å²) >= 11 is 0. The van der Waals surface area contributed by atoms with Crippen LogP contribution in [0.2, 0.25) is 0 Å². The second kappa shape index (κ2) is 8.24. The fourth-order valence-electron chi connectivity index (χ4n) is 3.47. The number of aryl methyl sites for hydroxylation is 1. The van der Waals surface area contributed by atoms with Gasteiger partial charge in [-0.25, -0.2) is 8.42 Å². The molecule has 28 heavy (non-hydrogen) atoms. The van der Waals surface area contributed by atoms with E-state index in [2.05, 4.69) is 11.5 Å². The van der Waals surface area contributed by atoms with Gasteiger partial charge >= 0.3 is 0 Å². The molecule has 0 saturated carbocycles. The van der Waals surface area contributed by atoms with Crippen molar-refractivity contribution in [2.24, 2.45) is 0 Å². The van der Waals surface area contributed by atoms with Crippen LogP contribution in [0.3, 0.4) is 0 Å². The van der Waals surface area contributed by atoms with E-state index in [0.717, 1.165) is 17.0 Å². The molecule has 0 spiro atoms. The fourth-order valence-corrected chi connectivity index (χ4v) is 5.16. The van der Waals surface area contributed by atoms with Gasteiger partial charge in [-0.1, -0.05) is 30.8 Å². The van der Waals surface area contributed by atoms with E-state index in [9.17, 15) is 13.5 Å². The molecule has 1 aliphatic rings. The minimum atomic E-state index is -3.61. The number of sulfonamides is 1. The van der Waals surface area contributed by atoms with Gasteiger partial charge in [-0.15, -0.1) is 0 Å². The van der Waals surface area contributed by atoms with Gasteiger partial charge in [-0.05, 0) is 36.2 Å². The molecule has 7 heteroatoms. The highest BCUT2D eigenvalue weighted by molar-refractivity contribution is 7.89. The lowest BCUT2D eigenvalue weighted by Gasteiger charge is -2.36. The molecule has 150 valence electrons. The Kier molecular flexibility index (Phi) is 5.96. The third kappa shape index (κ3) is 4.15. The number of nitrogens with zero attached hydrogens (tertiary/aromatic N) is 2. The molecule has 1 N–H and O–H groups in total. The van der Waals surface area contributed by atoms with Crippen molar-refractivity contribution in [3.63, 3.8) is 0 Å². The van der Waals surface area contributed by atoms with Crippen molar-refractivity contribution >= 4 is 15.7 Å². The second-order valence-electron chi connectivity index (χ2n) is 6.91. The topological polar surface area (TPSA) is 70.1 Å². The van der Waals surface area contributed by atoms with Crippen molar-refractivity contribution in [3.8, 4) is 5.75 Å². The summed E-state index contributed by atoms with van der Waals surface area (Å²) in [6.45, 7) is 7.25. The number of aliphatic hydroxyl groups is 1. The van der Waals surface area contributed by atoms with E-state index < -0.39 is 10.0 Å². The summed E-state index contributed by atoms with van der Waals surface area (Å²) in [4.78, 5) is 2.43. The molecule has 1 heterocycles. The van der Waals surface area contributed by atoms with Crippen molar-refractivity contribution in [1.82, 2.24) is 4.31 Å². The van der Waals surface area contributed by atoms with Gasteiger partial charge < -0.3 is 14.7 Å². The largest absolute Gasteiger partial charge is 0.513 e. The SMILES string of the molecule is C=C(O)Cc1ccc(C)c(S(=O)(=O)N2CCN(c3ccccc3OC)CC2)c1. The van der Waals surface area contributed by atoms with Crippen LogP contribution < -0.4 is 9.64 Å². The lowest BCUT2D eigenvalue weighted by molar-refractivity contribution is 0.378. The minimum Gasteiger partial charge on any atom is -0.513 e. The molecule has 3 rings (SSSR count). The van der Waals surface area contributed by atoms with E-state index in [4.69, 9.17) is 4.74 Å². The zero-order chi connectivity index (χ0) is 20.3. The second-order valence-corrected chi connectivity index (χ2v) is 8.81. The van der Waals surface area contributed by atoms with Crippen LogP contribution in [-0.4, -0.2) is 51.1 Å². The summed E-state index contributed by atoms with van der Waals surface area (Å²) in [5.74, 6) is 0.796. The smallest absolute Gasteiger partial charge is 0.243 e. The number of hydrogen-bond acceptors (Lipinski definition) is 5. The molecule has 0 bridgehead atoms. The predicted molar refractivity (Wildman–Crippen MR) is 111 cm³/mol. The van der Waals surface area contributed by atoms with Gasteiger partial charge in [0, 0.05) is 32.6 Å². The first-order chi connectivity index (χ1) is 13.3. The first kappa shape index (κ1) is 20.2. The molecule has 6 nitrogen and oxygen atoms in total. The zero-order valence-corrected chi connectivity index (χ0v) is 17.1. The number of para-hydroxylation sites is 2. The average molecular weight is 403 g/mol. The van der Waals surface area contributed by atoms with Crippen LogP contribution in [0.15, 0.2) is 59.7 Å². The predicted octanol–water partition coefficient (Wildman–Crippen LogP) is 3.13. The summed E-state index contributed by atoms with van der Waals surface area (Å²) in [5, 5.41) is 9.43. The van der Waals surface area contributed by atoms with Crippen LogP contribution in [0.5, 0.6) is 5.75 Å². The summed E-state index contributed by atoms with van der Waals surface area (Å²) in [5.41, 5.74) is 2.39. The standard InChI is InChI=1S/C21H26N2O4S/c1-16-8-9-18(14-17(2)24)15-21(16)28(25,26)23-12-10-22(11-13-23)19-6-4-5-7-20(19)27-3/h4-9,15,24H,2,10-14H2,1,3H3. The summed E-state index contributed by atoms with van der Waals surface area (Å²) in [6.07, 6.45) is 0.240. The quantitative estimate of drug-likeness (QED) is 0.752. The Morgan fingerprint density at radius 3 is 2.46 bits per heavy atom. The van der Waals surface area contributed by atoms with E-state index in [0.29, 0.717) is 31.7 Å². The lowest BCUT2D eigenvalue weighted by Crippen LogP contribution is -2.48. The first-order valence-corrected chi connectivity index (χ1v) is 10.6. The highest BCUT2D eigenvalue weighted by atomic mass is 32.2. The minimum absolute atomic E-state index is 0.0117. The Bertz CT molecular complexity index is 964. The Hall–Kier alpha value is -2.51. The van der Waals surface area contributed by atoms with Gasteiger partial charge in [-0.2, -0.15) is 4.31 Å². The number of aliphatic hydroxyl groups excluding tert-OH is 1. The number of anilines is 1. The molecule has 0 unspecified atom stereocenters. The van der Waals surface area contributed by atoms with Crippen LogP contribution >= 0.6 is 0 Å². The van der Waals surface area contributed by atoms with Crippen LogP contribution in [0, 0.1) is 6.92 Å². The van der Waals surface area contributed by atoms with Gasteiger partial charge in [0.2, 0.25) is 10.0 Å².